The third-order valence-corrected chi connectivity index (χ3v) is 2.32. The Morgan fingerprint density at radius 3 is 2.00 bits per heavy atom. The van der Waals surface area contributed by atoms with E-state index in [0.717, 1.165) is 45.7 Å². The van der Waals surface area contributed by atoms with Crippen molar-refractivity contribution in [2.75, 3.05) is 47.1 Å². The normalized spacial score (nSPS) is 13.4. The van der Waals surface area contributed by atoms with Crippen molar-refractivity contribution in [3.63, 3.8) is 0 Å². The lowest BCUT2D eigenvalue weighted by Crippen LogP contribution is -2.32. The van der Waals surface area contributed by atoms with Crippen molar-refractivity contribution in [2.24, 2.45) is 0 Å². The van der Waals surface area contributed by atoms with Crippen LogP contribution in [0.1, 0.15) is 19.8 Å². The smallest absolute Gasteiger partial charge is 0.0589 e. The highest BCUT2D eigenvalue weighted by molar-refractivity contribution is 4.59. The van der Waals surface area contributed by atoms with E-state index in [4.69, 9.17) is 14.6 Å². The molecule has 0 amide bonds. The minimum absolute atomic E-state index is 0.197. The van der Waals surface area contributed by atoms with Crippen LogP contribution in [0.4, 0.5) is 0 Å². The Morgan fingerprint density at radius 1 is 1.07 bits per heavy atom. The van der Waals surface area contributed by atoms with Crippen LogP contribution in [0.5, 0.6) is 0 Å². The lowest BCUT2D eigenvalue weighted by Gasteiger charge is -2.21. The summed E-state index contributed by atoms with van der Waals surface area (Å²) in [6, 6.07) is 0. The number of methoxy groups -OCH3 is 2. The largest absolute Gasteiger partial charge is 0.393 e. The van der Waals surface area contributed by atoms with Crippen LogP contribution in [-0.2, 0) is 9.47 Å². The predicted molar refractivity (Wildman–Crippen MR) is 61.1 cm³/mol. The maximum absolute atomic E-state index is 9.15. The lowest BCUT2D eigenvalue weighted by atomic mass is 10.2. The Morgan fingerprint density at radius 2 is 1.60 bits per heavy atom. The highest BCUT2D eigenvalue weighted by atomic mass is 16.5. The van der Waals surface area contributed by atoms with Gasteiger partial charge in [-0.15, -0.1) is 0 Å². The molecule has 0 spiro atoms. The van der Waals surface area contributed by atoms with E-state index in [2.05, 4.69) is 4.90 Å². The van der Waals surface area contributed by atoms with Crippen molar-refractivity contribution in [3.8, 4) is 0 Å². The average molecular weight is 219 g/mol. The standard InChI is InChI=1S/C11H25NO3/c1-11(13)5-4-6-12(7-9-14-2)8-10-15-3/h11,13H,4-10H2,1-3H3. The average Bonchev–Trinajstić information content (AvgIpc) is 2.20. The molecule has 0 saturated heterocycles. The molecule has 0 aromatic carbocycles. The summed E-state index contributed by atoms with van der Waals surface area (Å²) in [5, 5.41) is 9.15. The van der Waals surface area contributed by atoms with Crippen LogP contribution in [0, 0.1) is 0 Å². The van der Waals surface area contributed by atoms with Gasteiger partial charge >= 0.3 is 0 Å². The SMILES string of the molecule is COCCN(CCCC(C)O)CCOC. The molecule has 4 heteroatoms. The molecule has 0 saturated carbocycles. The van der Waals surface area contributed by atoms with E-state index in [9.17, 15) is 0 Å². The van der Waals surface area contributed by atoms with Gasteiger partial charge in [-0.3, -0.25) is 4.90 Å². The van der Waals surface area contributed by atoms with Gasteiger partial charge in [-0.25, -0.2) is 0 Å². The summed E-state index contributed by atoms with van der Waals surface area (Å²) in [5.74, 6) is 0. The molecule has 0 aliphatic heterocycles. The summed E-state index contributed by atoms with van der Waals surface area (Å²) in [6.07, 6.45) is 1.68. The molecule has 15 heavy (non-hydrogen) atoms. The first-order valence-corrected chi connectivity index (χ1v) is 5.59. The Bertz CT molecular complexity index is 123. The molecule has 1 N–H and O–H groups in total. The van der Waals surface area contributed by atoms with E-state index in [1.165, 1.54) is 0 Å². The zero-order valence-corrected chi connectivity index (χ0v) is 10.2. The topological polar surface area (TPSA) is 41.9 Å². The van der Waals surface area contributed by atoms with Crippen molar-refractivity contribution in [3.05, 3.63) is 0 Å². The second kappa shape index (κ2) is 10.4. The van der Waals surface area contributed by atoms with Gasteiger partial charge in [-0.2, -0.15) is 0 Å². The Balaban J connectivity index is 3.58. The van der Waals surface area contributed by atoms with E-state index < -0.39 is 0 Å². The van der Waals surface area contributed by atoms with E-state index in [1.807, 2.05) is 6.92 Å². The van der Waals surface area contributed by atoms with E-state index in [1.54, 1.807) is 14.2 Å². The quantitative estimate of drug-likeness (QED) is 0.588. The molecule has 1 unspecified atom stereocenters. The van der Waals surface area contributed by atoms with Gasteiger partial charge in [0.05, 0.1) is 19.3 Å². The minimum atomic E-state index is -0.197. The first-order chi connectivity index (χ1) is 7.20. The molecule has 1 atom stereocenters. The maximum atomic E-state index is 9.15. The van der Waals surface area contributed by atoms with Gasteiger partial charge in [0.25, 0.3) is 0 Å². The minimum Gasteiger partial charge on any atom is -0.393 e. The Kier molecular flexibility index (Phi) is 10.3. The molecular weight excluding hydrogens is 194 g/mol. The number of ether oxygens (including phenoxy) is 2. The van der Waals surface area contributed by atoms with Gasteiger partial charge in [-0.05, 0) is 26.3 Å². The molecule has 0 aromatic heterocycles. The molecule has 0 aromatic rings. The number of hydrogen-bond donors (Lipinski definition) is 1. The summed E-state index contributed by atoms with van der Waals surface area (Å²) < 4.78 is 10.1. The zero-order chi connectivity index (χ0) is 11.5. The highest BCUT2D eigenvalue weighted by Gasteiger charge is 2.05. The summed E-state index contributed by atoms with van der Waals surface area (Å²) in [5.41, 5.74) is 0. The molecule has 92 valence electrons. The molecule has 0 fully saturated rings. The van der Waals surface area contributed by atoms with E-state index in [0.29, 0.717) is 0 Å². The molecule has 0 radical (unpaired) electrons. The highest BCUT2D eigenvalue weighted by Crippen LogP contribution is 1.99. The summed E-state index contributed by atoms with van der Waals surface area (Å²) in [7, 11) is 3.43. The van der Waals surface area contributed by atoms with Crippen molar-refractivity contribution in [1.29, 1.82) is 0 Å². The lowest BCUT2D eigenvalue weighted by molar-refractivity contribution is 0.108. The van der Waals surface area contributed by atoms with E-state index >= 15 is 0 Å². The van der Waals surface area contributed by atoms with Crippen molar-refractivity contribution >= 4 is 0 Å². The third kappa shape index (κ3) is 10.1. The van der Waals surface area contributed by atoms with Gasteiger partial charge in [0, 0.05) is 27.3 Å². The number of hydrogen-bond acceptors (Lipinski definition) is 4. The van der Waals surface area contributed by atoms with Crippen molar-refractivity contribution in [1.82, 2.24) is 4.90 Å². The van der Waals surface area contributed by atoms with Crippen molar-refractivity contribution in [2.45, 2.75) is 25.9 Å². The number of nitrogens with zero attached hydrogens (tertiary/aromatic N) is 1. The molecule has 0 heterocycles. The molecule has 0 aliphatic carbocycles. The number of rotatable bonds is 10. The zero-order valence-electron chi connectivity index (χ0n) is 10.2. The van der Waals surface area contributed by atoms with Crippen LogP contribution in [-0.4, -0.2) is 63.2 Å². The molecular formula is C11H25NO3. The van der Waals surface area contributed by atoms with Crippen molar-refractivity contribution < 1.29 is 14.6 Å². The first-order valence-electron chi connectivity index (χ1n) is 5.59. The van der Waals surface area contributed by atoms with Gasteiger partial charge in [0.1, 0.15) is 0 Å². The number of aliphatic hydroxyl groups is 1. The fourth-order valence-corrected chi connectivity index (χ4v) is 1.39. The van der Waals surface area contributed by atoms with Crippen LogP contribution in [0.25, 0.3) is 0 Å². The molecule has 0 aliphatic rings. The van der Waals surface area contributed by atoms with Crippen LogP contribution in [0.2, 0.25) is 0 Å². The van der Waals surface area contributed by atoms with Crippen LogP contribution in [0.15, 0.2) is 0 Å². The van der Waals surface area contributed by atoms with Crippen LogP contribution >= 0.6 is 0 Å². The summed E-state index contributed by atoms with van der Waals surface area (Å²) in [6.45, 7) is 6.18. The van der Waals surface area contributed by atoms with Gasteiger partial charge in [-0.1, -0.05) is 0 Å². The predicted octanol–water partition coefficient (Wildman–Crippen LogP) is 0.742. The summed E-state index contributed by atoms with van der Waals surface area (Å²) in [4.78, 5) is 2.30. The van der Waals surface area contributed by atoms with E-state index in [-0.39, 0.29) is 6.10 Å². The number of aliphatic hydroxyl groups excluding tert-OH is 1. The van der Waals surface area contributed by atoms with Gasteiger partial charge < -0.3 is 14.6 Å². The van der Waals surface area contributed by atoms with Gasteiger partial charge in [0.15, 0.2) is 0 Å². The fraction of sp³-hybridized carbons (Fsp3) is 1.00. The van der Waals surface area contributed by atoms with Crippen LogP contribution < -0.4 is 0 Å². The fourth-order valence-electron chi connectivity index (χ4n) is 1.39. The maximum Gasteiger partial charge on any atom is 0.0589 e. The monoisotopic (exact) mass is 219 g/mol. The second-order valence-corrected chi connectivity index (χ2v) is 3.82. The van der Waals surface area contributed by atoms with Gasteiger partial charge in [0.2, 0.25) is 0 Å². The summed E-state index contributed by atoms with van der Waals surface area (Å²) >= 11 is 0. The first kappa shape index (κ1) is 14.8. The second-order valence-electron chi connectivity index (χ2n) is 3.82. The third-order valence-electron chi connectivity index (χ3n) is 2.32. The molecule has 0 bridgehead atoms. The van der Waals surface area contributed by atoms with Crippen LogP contribution in [0.3, 0.4) is 0 Å². The molecule has 4 nitrogen and oxygen atoms in total. The Hall–Kier alpha value is -0.160. The Labute approximate surface area is 93.2 Å². The molecule has 0 rings (SSSR count).